The van der Waals surface area contributed by atoms with Crippen molar-refractivity contribution < 1.29 is 24.5 Å². The number of rotatable bonds is 5. The van der Waals surface area contributed by atoms with Gasteiger partial charge in [0.25, 0.3) is 0 Å². The van der Waals surface area contributed by atoms with E-state index in [4.69, 9.17) is 0 Å². The van der Waals surface area contributed by atoms with E-state index in [0.29, 0.717) is 0 Å². The number of halogens is 1. The minimum Gasteiger partial charge on any atom is -0.507 e. The Bertz CT molecular complexity index is 425. The lowest BCUT2D eigenvalue weighted by atomic mass is 10.0. The van der Waals surface area contributed by atoms with Gasteiger partial charge >= 0.3 is 0 Å². The van der Waals surface area contributed by atoms with Crippen molar-refractivity contribution in [2.75, 3.05) is 6.54 Å². The number of hydrogen-bond acceptors (Lipinski definition) is 4. The standard InChI is InChI=1S/C12H16FNO4/c1-7(15)14-5-4-10(16)12(18)9-3-2-8(13)6-11(9)17/h2-3,6,10,12,16-18H,4-5H2,1H3,(H,14,15). The predicted octanol–water partition coefficient (Wildman–Crippen LogP) is 0.452. The Balaban J connectivity index is 2.62. The number of phenols is 1. The molecule has 6 heteroatoms. The Morgan fingerprint density at radius 3 is 2.67 bits per heavy atom. The van der Waals surface area contributed by atoms with E-state index in [-0.39, 0.29) is 24.4 Å². The highest BCUT2D eigenvalue weighted by Gasteiger charge is 2.21. The zero-order valence-electron chi connectivity index (χ0n) is 9.93. The molecule has 0 aliphatic carbocycles. The van der Waals surface area contributed by atoms with Crippen LogP contribution >= 0.6 is 0 Å². The molecule has 0 aromatic heterocycles. The Kier molecular flexibility index (Phi) is 5.06. The highest BCUT2D eigenvalue weighted by molar-refractivity contribution is 5.72. The van der Waals surface area contributed by atoms with Crippen LogP contribution in [-0.2, 0) is 4.79 Å². The van der Waals surface area contributed by atoms with Gasteiger partial charge in [0.15, 0.2) is 0 Å². The monoisotopic (exact) mass is 257 g/mol. The lowest BCUT2D eigenvalue weighted by Crippen LogP contribution is -2.27. The fourth-order valence-corrected chi connectivity index (χ4v) is 1.53. The van der Waals surface area contributed by atoms with Crippen LogP contribution in [-0.4, -0.2) is 33.9 Å². The number of hydrogen-bond donors (Lipinski definition) is 4. The first-order chi connectivity index (χ1) is 8.41. The van der Waals surface area contributed by atoms with Gasteiger partial charge in [-0.05, 0) is 18.6 Å². The molecule has 1 amide bonds. The van der Waals surface area contributed by atoms with Gasteiger partial charge in [-0.2, -0.15) is 0 Å². The summed E-state index contributed by atoms with van der Waals surface area (Å²) in [6, 6.07) is 3.15. The lowest BCUT2D eigenvalue weighted by Gasteiger charge is -2.19. The van der Waals surface area contributed by atoms with Crippen LogP contribution in [0.4, 0.5) is 4.39 Å². The average molecular weight is 257 g/mol. The van der Waals surface area contributed by atoms with E-state index in [9.17, 15) is 24.5 Å². The van der Waals surface area contributed by atoms with Crippen LogP contribution in [0.25, 0.3) is 0 Å². The summed E-state index contributed by atoms with van der Waals surface area (Å²) in [7, 11) is 0. The van der Waals surface area contributed by atoms with Gasteiger partial charge in [-0.1, -0.05) is 0 Å². The number of aliphatic hydroxyl groups excluding tert-OH is 2. The summed E-state index contributed by atoms with van der Waals surface area (Å²) in [5, 5.41) is 31.4. The molecule has 0 saturated carbocycles. The normalized spacial score (nSPS) is 14.0. The number of phenolic OH excluding ortho intramolecular Hbond substituents is 1. The third kappa shape index (κ3) is 3.97. The van der Waals surface area contributed by atoms with E-state index in [1.165, 1.54) is 13.0 Å². The van der Waals surface area contributed by atoms with Gasteiger partial charge in [-0.15, -0.1) is 0 Å². The van der Waals surface area contributed by atoms with Gasteiger partial charge in [0.05, 0.1) is 6.10 Å². The topological polar surface area (TPSA) is 89.8 Å². The number of aliphatic hydroxyl groups is 2. The number of amides is 1. The molecule has 0 radical (unpaired) electrons. The van der Waals surface area contributed by atoms with E-state index in [1.54, 1.807) is 0 Å². The number of aromatic hydroxyl groups is 1. The second kappa shape index (κ2) is 6.32. The molecule has 4 N–H and O–H groups in total. The molecule has 1 aromatic carbocycles. The number of nitrogens with one attached hydrogen (secondary N) is 1. The van der Waals surface area contributed by atoms with Crippen molar-refractivity contribution in [3.8, 4) is 5.75 Å². The van der Waals surface area contributed by atoms with Crippen molar-refractivity contribution >= 4 is 5.91 Å². The Morgan fingerprint density at radius 1 is 1.44 bits per heavy atom. The molecule has 0 bridgehead atoms. The molecule has 0 spiro atoms. The van der Waals surface area contributed by atoms with Crippen LogP contribution in [0.2, 0.25) is 0 Å². The minimum atomic E-state index is -1.33. The van der Waals surface area contributed by atoms with Crippen LogP contribution in [0, 0.1) is 5.82 Å². The highest BCUT2D eigenvalue weighted by atomic mass is 19.1. The van der Waals surface area contributed by atoms with Crippen molar-refractivity contribution in [1.82, 2.24) is 5.32 Å². The summed E-state index contributed by atoms with van der Waals surface area (Å²) >= 11 is 0. The number of carbonyl (C=O) groups is 1. The second-order valence-electron chi connectivity index (χ2n) is 3.99. The number of carbonyl (C=O) groups excluding carboxylic acids is 1. The molecular weight excluding hydrogens is 241 g/mol. The third-order valence-corrected chi connectivity index (χ3v) is 2.49. The molecule has 2 atom stereocenters. The highest BCUT2D eigenvalue weighted by Crippen LogP contribution is 2.27. The second-order valence-corrected chi connectivity index (χ2v) is 3.99. The first-order valence-corrected chi connectivity index (χ1v) is 5.50. The summed E-state index contributed by atoms with van der Waals surface area (Å²) in [4.78, 5) is 10.6. The maximum Gasteiger partial charge on any atom is 0.216 e. The van der Waals surface area contributed by atoms with Gasteiger partial charge in [0, 0.05) is 25.1 Å². The third-order valence-electron chi connectivity index (χ3n) is 2.49. The van der Waals surface area contributed by atoms with E-state index < -0.39 is 23.8 Å². The van der Waals surface area contributed by atoms with Gasteiger partial charge < -0.3 is 20.6 Å². The van der Waals surface area contributed by atoms with Crippen molar-refractivity contribution in [3.05, 3.63) is 29.6 Å². The fraction of sp³-hybridized carbons (Fsp3) is 0.417. The smallest absolute Gasteiger partial charge is 0.216 e. The van der Waals surface area contributed by atoms with Crippen molar-refractivity contribution in [2.24, 2.45) is 0 Å². The van der Waals surface area contributed by atoms with Gasteiger partial charge in [-0.3, -0.25) is 4.79 Å². The SMILES string of the molecule is CC(=O)NCCC(O)C(O)c1ccc(F)cc1O. The summed E-state index contributed by atoms with van der Waals surface area (Å²) in [6.45, 7) is 1.55. The van der Waals surface area contributed by atoms with Crippen LogP contribution in [0.15, 0.2) is 18.2 Å². The molecule has 1 aromatic rings. The van der Waals surface area contributed by atoms with Gasteiger partial charge in [0.2, 0.25) is 5.91 Å². The maximum atomic E-state index is 12.8. The van der Waals surface area contributed by atoms with E-state index in [0.717, 1.165) is 12.1 Å². The van der Waals surface area contributed by atoms with E-state index in [1.807, 2.05) is 0 Å². The van der Waals surface area contributed by atoms with Gasteiger partial charge in [-0.25, -0.2) is 4.39 Å². The van der Waals surface area contributed by atoms with E-state index in [2.05, 4.69) is 5.32 Å². The summed E-state index contributed by atoms with van der Waals surface area (Å²) in [5.74, 6) is -1.28. The first-order valence-electron chi connectivity index (χ1n) is 5.50. The average Bonchev–Trinajstić information content (AvgIpc) is 2.27. The van der Waals surface area contributed by atoms with Gasteiger partial charge in [0.1, 0.15) is 17.7 Å². The molecule has 100 valence electrons. The molecule has 5 nitrogen and oxygen atoms in total. The van der Waals surface area contributed by atoms with Crippen LogP contribution in [0.3, 0.4) is 0 Å². The minimum absolute atomic E-state index is 0.0479. The number of benzene rings is 1. The van der Waals surface area contributed by atoms with Crippen LogP contribution in [0.5, 0.6) is 5.75 Å². The largest absolute Gasteiger partial charge is 0.507 e. The lowest BCUT2D eigenvalue weighted by molar-refractivity contribution is -0.119. The van der Waals surface area contributed by atoms with E-state index >= 15 is 0 Å². The summed E-state index contributed by atoms with van der Waals surface area (Å²) < 4.78 is 12.8. The van der Waals surface area contributed by atoms with Crippen molar-refractivity contribution in [3.63, 3.8) is 0 Å². The quantitative estimate of drug-likeness (QED) is 0.616. The Labute approximate surface area is 104 Å². The molecule has 18 heavy (non-hydrogen) atoms. The Hall–Kier alpha value is -1.66. The molecule has 0 aliphatic rings. The zero-order valence-corrected chi connectivity index (χ0v) is 9.93. The van der Waals surface area contributed by atoms with Crippen molar-refractivity contribution in [2.45, 2.75) is 25.6 Å². The van der Waals surface area contributed by atoms with Crippen LogP contribution in [0.1, 0.15) is 25.0 Å². The molecule has 2 unspecified atom stereocenters. The molecule has 0 fully saturated rings. The summed E-state index contributed by atoms with van der Waals surface area (Å²) in [5.41, 5.74) is 0.0479. The maximum absolute atomic E-state index is 12.8. The van der Waals surface area contributed by atoms with Crippen LogP contribution < -0.4 is 5.32 Å². The fourth-order valence-electron chi connectivity index (χ4n) is 1.53. The predicted molar refractivity (Wildman–Crippen MR) is 62.3 cm³/mol. The first kappa shape index (κ1) is 14.4. The summed E-state index contributed by atoms with van der Waals surface area (Å²) in [6.07, 6.45) is -2.37. The molecule has 0 aliphatic heterocycles. The molecule has 0 saturated heterocycles. The molecule has 1 rings (SSSR count). The van der Waals surface area contributed by atoms with Crippen molar-refractivity contribution in [1.29, 1.82) is 0 Å². The Morgan fingerprint density at radius 2 is 2.11 bits per heavy atom. The molecular formula is C12H16FNO4. The molecule has 0 heterocycles. The zero-order chi connectivity index (χ0) is 13.7.